The first kappa shape index (κ1) is 12.8. The summed E-state index contributed by atoms with van der Waals surface area (Å²) in [5, 5.41) is 4.18. The number of ether oxygens (including phenoxy) is 1. The van der Waals surface area contributed by atoms with E-state index in [0.29, 0.717) is 32.3 Å². The van der Waals surface area contributed by atoms with Crippen molar-refractivity contribution >= 4 is 11.9 Å². The fourth-order valence-electron chi connectivity index (χ4n) is 2.04. The molecule has 2 N–H and O–H groups in total. The molecule has 0 aliphatic carbocycles. The van der Waals surface area contributed by atoms with Crippen LogP contribution in [0.4, 0.5) is 20.7 Å². The predicted molar refractivity (Wildman–Crippen MR) is 68.7 cm³/mol. The molecular formula is C12H13F2N5O. The lowest BCUT2D eigenvalue weighted by molar-refractivity contribution is 0.122. The first-order chi connectivity index (χ1) is 9.65. The van der Waals surface area contributed by atoms with Crippen molar-refractivity contribution in [3.63, 3.8) is 0 Å². The van der Waals surface area contributed by atoms with E-state index in [9.17, 15) is 8.78 Å². The summed E-state index contributed by atoms with van der Waals surface area (Å²) < 4.78 is 33.1. The van der Waals surface area contributed by atoms with Gasteiger partial charge in [0.15, 0.2) is 5.82 Å². The molecule has 106 valence electrons. The zero-order valence-corrected chi connectivity index (χ0v) is 10.6. The second kappa shape index (κ2) is 5.04. The zero-order valence-electron chi connectivity index (χ0n) is 10.6. The van der Waals surface area contributed by atoms with E-state index < -0.39 is 11.6 Å². The molecule has 1 aromatic carbocycles. The van der Waals surface area contributed by atoms with Crippen molar-refractivity contribution in [1.29, 1.82) is 0 Å². The highest BCUT2D eigenvalue weighted by atomic mass is 19.1. The average molecular weight is 281 g/mol. The Hall–Kier alpha value is -2.22. The molecule has 0 atom stereocenters. The van der Waals surface area contributed by atoms with Crippen molar-refractivity contribution in [2.45, 2.75) is 0 Å². The first-order valence-corrected chi connectivity index (χ1v) is 6.16. The van der Waals surface area contributed by atoms with Gasteiger partial charge >= 0.3 is 0 Å². The Bertz CT molecular complexity index is 624. The number of nitrogen functional groups attached to an aromatic ring is 1. The maximum atomic E-state index is 13.7. The van der Waals surface area contributed by atoms with Crippen molar-refractivity contribution in [3.05, 3.63) is 29.8 Å². The van der Waals surface area contributed by atoms with Gasteiger partial charge in [-0.15, -0.1) is 5.10 Å². The highest BCUT2D eigenvalue weighted by molar-refractivity contribution is 5.44. The molecule has 20 heavy (non-hydrogen) atoms. The monoisotopic (exact) mass is 281 g/mol. The summed E-state index contributed by atoms with van der Waals surface area (Å²) in [4.78, 5) is 6.01. The van der Waals surface area contributed by atoms with Crippen LogP contribution < -0.4 is 10.6 Å². The van der Waals surface area contributed by atoms with E-state index in [1.807, 2.05) is 4.90 Å². The van der Waals surface area contributed by atoms with E-state index in [0.717, 1.165) is 12.1 Å². The third-order valence-electron chi connectivity index (χ3n) is 3.05. The SMILES string of the molecule is Nc1nc(N2CCOCC2)nn1-c1ccc(F)cc1F. The summed E-state index contributed by atoms with van der Waals surface area (Å²) in [6, 6.07) is 3.21. The van der Waals surface area contributed by atoms with E-state index in [-0.39, 0.29) is 11.6 Å². The van der Waals surface area contributed by atoms with Gasteiger partial charge in [0.05, 0.1) is 13.2 Å². The molecule has 0 unspecified atom stereocenters. The molecular weight excluding hydrogens is 268 g/mol. The van der Waals surface area contributed by atoms with Gasteiger partial charge in [-0.05, 0) is 12.1 Å². The van der Waals surface area contributed by atoms with Crippen LogP contribution in [0.25, 0.3) is 5.69 Å². The largest absolute Gasteiger partial charge is 0.378 e. The lowest BCUT2D eigenvalue weighted by Gasteiger charge is -2.25. The number of aromatic nitrogens is 3. The molecule has 0 saturated carbocycles. The predicted octanol–water partition coefficient (Wildman–Crippen LogP) is 0.964. The minimum Gasteiger partial charge on any atom is -0.378 e. The molecule has 0 radical (unpaired) electrons. The second-order valence-electron chi connectivity index (χ2n) is 4.38. The third kappa shape index (κ3) is 2.29. The average Bonchev–Trinajstić information content (AvgIpc) is 2.82. The number of hydrogen-bond donors (Lipinski definition) is 1. The zero-order chi connectivity index (χ0) is 14.1. The van der Waals surface area contributed by atoms with Crippen LogP contribution in [0, 0.1) is 11.6 Å². The number of benzene rings is 1. The van der Waals surface area contributed by atoms with Crippen molar-refractivity contribution in [1.82, 2.24) is 14.8 Å². The number of hydrogen-bond acceptors (Lipinski definition) is 5. The lowest BCUT2D eigenvalue weighted by Crippen LogP contribution is -2.37. The molecule has 0 bridgehead atoms. The molecule has 1 fully saturated rings. The van der Waals surface area contributed by atoms with Crippen molar-refractivity contribution in [3.8, 4) is 5.69 Å². The Morgan fingerprint density at radius 1 is 1.20 bits per heavy atom. The van der Waals surface area contributed by atoms with Gasteiger partial charge in [-0.25, -0.2) is 8.78 Å². The molecule has 1 aromatic heterocycles. The Labute approximate surface area is 113 Å². The third-order valence-corrected chi connectivity index (χ3v) is 3.05. The molecule has 6 nitrogen and oxygen atoms in total. The van der Waals surface area contributed by atoms with Crippen LogP contribution in [0.2, 0.25) is 0 Å². The van der Waals surface area contributed by atoms with Crippen LogP contribution >= 0.6 is 0 Å². The number of nitrogens with zero attached hydrogens (tertiary/aromatic N) is 4. The van der Waals surface area contributed by atoms with Gasteiger partial charge in [0.25, 0.3) is 0 Å². The molecule has 1 aliphatic heterocycles. The van der Waals surface area contributed by atoms with Crippen LogP contribution in [0.3, 0.4) is 0 Å². The van der Waals surface area contributed by atoms with Gasteiger partial charge in [0.1, 0.15) is 11.5 Å². The van der Waals surface area contributed by atoms with E-state index in [2.05, 4.69) is 10.1 Å². The fraction of sp³-hybridized carbons (Fsp3) is 0.333. The Kier molecular flexibility index (Phi) is 3.23. The smallest absolute Gasteiger partial charge is 0.247 e. The fourth-order valence-corrected chi connectivity index (χ4v) is 2.04. The standard InChI is InChI=1S/C12H13F2N5O/c13-8-1-2-10(9(14)7-8)19-11(15)16-12(17-19)18-3-5-20-6-4-18/h1-2,7H,3-6H2,(H2,15,16,17). The molecule has 1 saturated heterocycles. The number of nitrogens with two attached hydrogens (primary N) is 1. The minimum absolute atomic E-state index is 0.0528. The normalized spacial score (nSPS) is 15.6. The van der Waals surface area contributed by atoms with E-state index in [1.54, 1.807) is 0 Å². The van der Waals surface area contributed by atoms with E-state index in [4.69, 9.17) is 10.5 Å². The van der Waals surface area contributed by atoms with E-state index in [1.165, 1.54) is 10.7 Å². The van der Waals surface area contributed by atoms with Crippen molar-refractivity contribution in [2.75, 3.05) is 36.9 Å². The Balaban J connectivity index is 1.95. The first-order valence-electron chi connectivity index (χ1n) is 6.16. The Morgan fingerprint density at radius 2 is 1.95 bits per heavy atom. The van der Waals surface area contributed by atoms with Gasteiger partial charge in [0.2, 0.25) is 11.9 Å². The van der Waals surface area contributed by atoms with Gasteiger partial charge in [-0.3, -0.25) is 0 Å². The number of morpholine rings is 1. The van der Waals surface area contributed by atoms with Crippen LogP contribution in [-0.2, 0) is 4.74 Å². The summed E-state index contributed by atoms with van der Waals surface area (Å²) in [7, 11) is 0. The molecule has 0 amide bonds. The Morgan fingerprint density at radius 3 is 2.65 bits per heavy atom. The van der Waals surface area contributed by atoms with Gasteiger partial charge in [0, 0.05) is 19.2 Å². The number of rotatable bonds is 2. The summed E-state index contributed by atoms with van der Waals surface area (Å²) in [5.41, 5.74) is 5.82. The molecule has 2 heterocycles. The van der Waals surface area contributed by atoms with Crippen LogP contribution in [0.15, 0.2) is 18.2 Å². The summed E-state index contributed by atoms with van der Waals surface area (Å²) in [6.07, 6.45) is 0. The summed E-state index contributed by atoms with van der Waals surface area (Å²) >= 11 is 0. The molecule has 8 heteroatoms. The topological polar surface area (TPSA) is 69.2 Å². The van der Waals surface area contributed by atoms with Crippen LogP contribution in [-0.4, -0.2) is 41.1 Å². The lowest BCUT2D eigenvalue weighted by atomic mass is 10.3. The number of halogens is 2. The van der Waals surface area contributed by atoms with Crippen LogP contribution in [0.5, 0.6) is 0 Å². The highest BCUT2D eigenvalue weighted by Crippen LogP contribution is 2.20. The number of anilines is 2. The second-order valence-corrected chi connectivity index (χ2v) is 4.38. The minimum atomic E-state index is -0.741. The van der Waals surface area contributed by atoms with Crippen LogP contribution in [0.1, 0.15) is 0 Å². The van der Waals surface area contributed by atoms with E-state index >= 15 is 0 Å². The summed E-state index contributed by atoms with van der Waals surface area (Å²) in [5.74, 6) is -0.931. The quantitative estimate of drug-likeness (QED) is 0.888. The maximum absolute atomic E-state index is 13.7. The molecule has 0 spiro atoms. The van der Waals surface area contributed by atoms with Crippen molar-refractivity contribution in [2.24, 2.45) is 0 Å². The summed E-state index contributed by atoms with van der Waals surface area (Å²) in [6.45, 7) is 2.46. The van der Waals surface area contributed by atoms with Crippen molar-refractivity contribution < 1.29 is 13.5 Å². The highest BCUT2D eigenvalue weighted by Gasteiger charge is 2.19. The molecule has 1 aliphatic rings. The molecule has 2 aromatic rings. The van der Waals surface area contributed by atoms with Gasteiger partial charge < -0.3 is 15.4 Å². The van der Waals surface area contributed by atoms with Gasteiger partial charge in [-0.1, -0.05) is 0 Å². The molecule has 3 rings (SSSR count). The maximum Gasteiger partial charge on any atom is 0.247 e. The van der Waals surface area contributed by atoms with Gasteiger partial charge in [-0.2, -0.15) is 9.67 Å².